The molecule has 9 heteroatoms. The molecule has 0 aliphatic carbocycles. The third kappa shape index (κ3) is 2.94. The number of hydrogen-bond acceptors (Lipinski definition) is 4. The molecule has 1 aliphatic rings. The van der Waals surface area contributed by atoms with Crippen LogP contribution in [0.25, 0.3) is 0 Å². The lowest BCUT2D eigenvalue weighted by atomic mass is 10.3. The number of halogens is 2. The zero-order valence-corrected chi connectivity index (χ0v) is 10.9. The van der Waals surface area contributed by atoms with Crippen LogP contribution in [0.15, 0.2) is 23.1 Å². The van der Waals surface area contributed by atoms with Crippen LogP contribution in [-0.4, -0.2) is 49.6 Å². The van der Waals surface area contributed by atoms with Crippen LogP contribution >= 0.6 is 0 Å². The van der Waals surface area contributed by atoms with Gasteiger partial charge in [0.25, 0.3) is 0 Å². The van der Waals surface area contributed by atoms with Gasteiger partial charge in [-0.15, -0.1) is 0 Å². The number of carboxylic acid groups (broad SMARTS) is 1. The van der Waals surface area contributed by atoms with E-state index < -0.39 is 45.2 Å². The maximum Gasteiger partial charge on any atom is 0.334 e. The smallest absolute Gasteiger partial charge is 0.334 e. The highest BCUT2D eigenvalue weighted by Crippen LogP contribution is 2.20. The molecule has 0 aromatic heterocycles. The average molecular weight is 307 g/mol. The molecular formula is C11H11F2NO5S. The SMILES string of the molecule is O=C(O)C1CN(S(=O)(=O)c2cc(F)cc(F)c2)CCO1. The van der Waals surface area contributed by atoms with Gasteiger partial charge in [0.2, 0.25) is 10.0 Å². The van der Waals surface area contributed by atoms with Crippen molar-refractivity contribution in [3.8, 4) is 0 Å². The first kappa shape index (κ1) is 14.8. The van der Waals surface area contributed by atoms with E-state index in [0.717, 1.165) is 4.31 Å². The number of ether oxygens (including phenoxy) is 1. The fraction of sp³-hybridized carbons (Fsp3) is 0.364. The lowest BCUT2D eigenvalue weighted by Crippen LogP contribution is -2.48. The van der Waals surface area contributed by atoms with Crippen LogP contribution in [0.2, 0.25) is 0 Å². The van der Waals surface area contributed by atoms with Crippen molar-refractivity contribution in [3.63, 3.8) is 0 Å². The van der Waals surface area contributed by atoms with Crippen molar-refractivity contribution in [3.05, 3.63) is 29.8 Å². The Morgan fingerprint density at radius 2 is 1.90 bits per heavy atom. The van der Waals surface area contributed by atoms with Gasteiger partial charge in [-0.2, -0.15) is 4.31 Å². The molecule has 0 bridgehead atoms. The second-order valence-electron chi connectivity index (χ2n) is 4.17. The number of hydrogen-bond donors (Lipinski definition) is 1. The van der Waals surface area contributed by atoms with Crippen LogP contribution in [0.5, 0.6) is 0 Å². The van der Waals surface area contributed by atoms with E-state index in [-0.39, 0.29) is 13.2 Å². The molecule has 1 N–H and O–H groups in total. The Labute approximate surface area is 113 Å². The van der Waals surface area contributed by atoms with Crippen LogP contribution in [0, 0.1) is 11.6 Å². The van der Waals surface area contributed by atoms with Crippen molar-refractivity contribution in [2.24, 2.45) is 0 Å². The summed E-state index contributed by atoms with van der Waals surface area (Å²) in [4.78, 5) is 10.3. The summed E-state index contributed by atoms with van der Waals surface area (Å²) in [5.41, 5.74) is 0. The highest BCUT2D eigenvalue weighted by molar-refractivity contribution is 7.89. The van der Waals surface area contributed by atoms with Crippen molar-refractivity contribution in [1.29, 1.82) is 0 Å². The minimum atomic E-state index is -4.16. The molecule has 20 heavy (non-hydrogen) atoms. The van der Waals surface area contributed by atoms with E-state index in [1.165, 1.54) is 0 Å². The molecule has 1 unspecified atom stereocenters. The Morgan fingerprint density at radius 3 is 2.45 bits per heavy atom. The summed E-state index contributed by atoms with van der Waals surface area (Å²) in [6, 6.07) is 1.92. The highest BCUT2D eigenvalue weighted by Gasteiger charge is 2.34. The molecule has 0 spiro atoms. The monoisotopic (exact) mass is 307 g/mol. The molecule has 6 nitrogen and oxygen atoms in total. The first-order valence-corrected chi connectivity index (χ1v) is 7.05. The molecule has 1 aromatic rings. The summed E-state index contributed by atoms with van der Waals surface area (Å²) >= 11 is 0. The highest BCUT2D eigenvalue weighted by atomic mass is 32.2. The summed E-state index contributed by atoms with van der Waals surface area (Å²) < 4.78 is 56.3. The van der Waals surface area contributed by atoms with Gasteiger partial charge in [0, 0.05) is 12.6 Å². The van der Waals surface area contributed by atoms with Gasteiger partial charge in [-0.3, -0.25) is 0 Å². The zero-order chi connectivity index (χ0) is 14.9. The molecule has 0 radical (unpaired) electrons. The fourth-order valence-corrected chi connectivity index (χ4v) is 3.29. The first-order chi connectivity index (χ1) is 9.30. The summed E-state index contributed by atoms with van der Waals surface area (Å²) in [6.07, 6.45) is -1.29. The minimum absolute atomic E-state index is 0.0791. The number of rotatable bonds is 3. The van der Waals surface area contributed by atoms with Crippen molar-refractivity contribution in [2.75, 3.05) is 19.7 Å². The van der Waals surface area contributed by atoms with E-state index in [9.17, 15) is 22.0 Å². The summed E-state index contributed by atoms with van der Waals surface area (Å²) in [5.74, 6) is -3.34. The molecule has 1 aromatic carbocycles. The molecule has 1 aliphatic heterocycles. The van der Waals surface area contributed by atoms with Crippen LogP contribution in [0.3, 0.4) is 0 Å². The van der Waals surface area contributed by atoms with Gasteiger partial charge in [-0.05, 0) is 12.1 Å². The van der Waals surface area contributed by atoms with Crippen LogP contribution in [-0.2, 0) is 19.6 Å². The predicted molar refractivity (Wildman–Crippen MR) is 62.5 cm³/mol. The van der Waals surface area contributed by atoms with Crippen LogP contribution in [0.4, 0.5) is 8.78 Å². The fourth-order valence-electron chi connectivity index (χ4n) is 1.82. The molecule has 1 saturated heterocycles. The van der Waals surface area contributed by atoms with Gasteiger partial charge in [0.1, 0.15) is 11.6 Å². The molecule has 0 amide bonds. The number of sulfonamides is 1. The van der Waals surface area contributed by atoms with E-state index in [0.29, 0.717) is 18.2 Å². The summed E-state index contributed by atoms with van der Waals surface area (Å²) in [6.45, 7) is -0.589. The normalized spacial score (nSPS) is 20.8. The predicted octanol–water partition coefficient (Wildman–Crippen LogP) is 0.439. The maximum absolute atomic E-state index is 13.1. The number of carbonyl (C=O) groups is 1. The number of morpholine rings is 1. The van der Waals surface area contributed by atoms with Gasteiger partial charge in [0.15, 0.2) is 6.10 Å². The number of benzene rings is 1. The molecule has 110 valence electrons. The van der Waals surface area contributed by atoms with Crippen molar-refractivity contribution < 1.29 is 31.8 Å². The average Bonchev–Trinajstić information content (AvgIpc) is 2.37. The molecular weight excluding hydrogens is 296 g/mol. The Kier molecular flexibility index (Phi) is 4.02. The third-order valence-corrected chi connectivity index (χ3v) is 4.62. The van der Waals surface area contributed by atoms with E-state index >= 15 is 0 Å². The van der Waals surface area contributed by atoms with Gasteiger partial charge in [-0.1, -0.05) is 0 Å². The van der Waals surface area contributed by atoms with Gasteiger partial charge in [-0.25, -0.2) is 22.0 Å². The van der Waals surface area contributed by atoms with Gasteiger partial charge >= 0.3 is 5.97 Å². The van der Waals surface area contributed by atoms with E-state index in [1.54, 1.807) is 0 Å². The number of carboxylic acids is 1. The standard InChI is InChI=1S/C11H11F2NO5S/c12-7-3-8(13)5-9(4-7)20(17,18)14-1-2-19-10(6-14)11(15)16/h3-5,10H,1-2,6H2,(H,15,16). The summed E-state index contributed by atoms with van der Waals surface area (Å²) in [5, 5.41) is 8.81. The lowest BCUT2D eigenvalue weighted by Gasteiger charge is -2.30. The molecule has 1 atom stereocenters. The minimum Gasteiger partial charge on any atom is -0.479 e. The van der Waals surface area contributed by atoms with Crippen molar-refractivity contribution in [1.82, 2.24) is 4.31 Å². The molecule has 0 saturated carbocycles. The molecule has 2 rings (SSSR count). The maximum atomic E-state index is 13.1. The second kappa shape index (κ2) is 5.43. The topological polar surface area (TPSA) is 83.9 Å². The summed E-state index contributed by atoms with van der Waals surface area (Å²) in [7, 11) is -4.16. The van der Waals surface area contributed by atoms with Crippen molar-refractivity contribution in [2.45, 2.75) is 11.0 Å². The van der Waals surface area contributed by atoms with E-state index in [4.69, 9.17) is 9.84 Å². The van der Waals surface area contributed by atoms with Crippen LogP contribution in [0.1, 0.15) is 0 Å². The first-order valence-electron chi connectivity index (χ1n) is 5.61. The lowest BCUT2D eigenvalue weighted by molar-refractivity contribution is -0.153. The Morgan fingerprint density at radius 1 is 1.30 bits per heavy atom. The van der Waals surface area contributed by atoms with Crippen LogP contribution < -0.4 is 0 Å². The zero-order valence-electron chi connectivity index (χ0n) is 10.1. The van der Waals surface area contributed by atoms with Crippen molar-refractivity contribution >= 4 is 16.0 Å². The largest absolute Gasteiger partial charge is 0.479 e. The second-order valence-corrected chi connectivity index (χ2v) is 6.10. The Bertz CT molecular complexity index is 613. The third-order valence-electron chi connectivity index (χ3n) is 2.78. The number of nitrogens with zero attached hydrogens (tertiary/aromatic N) is 1. The van der Waals surface area contributed by atoms with Gasteiger partial charge in [0.05, 0.1) is 18.0 Å². The Balaban J connectivity index is 2.32. The van der Waals surface area contributed by atoms with E-state index in [2.05, 4.69) is 0 Å². The quantitative estimate of drug-likeness (QED) is 0.876. The molecule has 1 fully saturated rings. The Hall–Kier alpha value is -1.58. The van der Waals surface area contributed by atoms with Gasteiger partial charge < -0.3 is 9.84 Å². The number of aliphatic carboxylic acids is 1. The molecule has 1 heterocycles. The van der Waals surface area contributed by atoms with E-state index in [1.807, 2.05) is 0 Å².